The maximum atomic E-state index is 12.5. The maximum Gasteiger partial charge on any atom is 0.0807 e. The van der Waals surface area contributed by atoms with Gasteiger partial charge in [-0.25, -0.2) is 4.21 Å². The zero-order valence-corrected chi connectivity index (χ0v) is 11.5. The lowest BCUT2D eigenvalue weighted by Crippen LogP contribution is -2.05. The summed E-state index contributed by atoms with van der Waals surface area (Å²) >= 11 is 0. The van der Waals surface area contributed by atoms with Crippen molar-refractivity contribution in [2.45, 2.75) is 50.8 Å². The highest BCUT2D eigenvalue weighted by molar-refractivity contribution is 7.89. The van der Waals surface area contributed by atoms with Crippen molar-refractivity contribution >= 4 is 10.8 Å². The Bertz CT molecular complexity index is 442. The molecule has 17 heavy (non-hydrogen) atoms. The summed E-state index contributed by atoms with van der Waals surface area (Å²) in [4.78, 5) is 2.15. The molecule has 1 aliphatic carbocycles. The molecule has 1 atom stereocenters. The van der Waals surface area contributed by atoms with Crippen molar-refractivity contribution in [1.82, 2.24) is 0 Å². The van der Waals surface area contributed by atoms with Crippen LogP contribution in [0.25, 0.3) is 0 Å². The molecule has 1 aliphatic rings. The Kier molecular flexibility index (Phi) is 4.16. The summed E-state index contributed by atoms with van der Waals surface area (Å²) in [6.45, 7) is 4.23. The zero-order valence-electron chi connectivity index (χ0n) is 10.7. The van der Waals surface area contributed by atoms with E-state index in [0.29, 0.717) is 0 Å². The minimum atomic E-state index is -0.928. The summed E-state index contributed by atoms with van der Waals surface area (Å²) in [6.07, 6.45) is 5.66. The van der Waals surface area contributed by atoms with Gasteiger partial charge in [-0.2, -0.15) is 0 Å². The summed E-state index contributed by atoms with van der Waals surface area (Å²) < 4.78 is 12.5. The fourth-order valence-electron chi connectivity index (χ4n) is 2.34. The monoisotopic (exact) mass is 248 g/mol. The second kappa shape index (κ2) is 5.63. The molecule has 0 N–H and O–H groups in total. The van der Waals surface area contributed by atoms with E-state index in [0.717, 1.165) is 24.2 Å². The van der Waals surface area contributed by atoms with E-state index in [1.807, 2.05) is 24.3 Å². The molecule has 0 aliphatic heterocycles. The predicted octanol–water partition coefficient (Wildman–Crippen LogP) is 4.34. The average molecular weight is 248 g/mol. The van der Waals surface area contributed by atoms with Gasteiger partial charge in [0.15, 0.2) is 0 Å². The molecule has 0 bridgehead atoms. The van der Waals surface area contributed by atoms with E-state index in [-0.39, 0.29) is 0 Å². The van der Waals surface area contributed by atoms with E-state index in [9.17, 15) is 4.21 Å². The molecule has 0 heterocycles. The Morgan fingerprint density at radius 3 is 2.41 bits per heavy atom. The van der Waals surface area contributed by atoms with Crippen molar-refractivity contribution in [1.29, 1.82) is 0 Å². The number of allylic oxidation sites excluding steroid dienone is 2. The Morgan fingerprint density at radius 1 is 1.12 bits per heavy atom. The summed E-state index contributed by atoms with van der Waals surface area (Å²) in [5, 5.41) is 0. The van der Waals surface area contributed by atoms with Crippen molar-refractivity contribution in [3.63, 3.8) is 0 Å². The molecule has 0 aromatic heterocycles. The molecule has 1 aromatic rings. The molecule has 0 saturated heterocycles. The van der Waals surface area contributed by atoms with Crippen molar-refractivity contribution in [3.05, 3.63) is 40.3 Å². The van der Waals surface area contributed by atoms with Gasteiger partial charge >= 0.3 is 0 Å². The van der Waals surface area contributed by atoms with E-state index in [1.54, 1.807) is 0 Å². The van der Waals surface area contributed by atoms with Gasteiger partial charge in [-0.05, 0) is 51.2 Å². The molecule has 2 rings (SSSR count). The summed E-state index contributed by atoms with van der Waals surface area (Å²) in [6, 6.07) is 8.09. The minimum Gasteiger partial charge on any atom is -0.249 e. The fourth-order valence-corrected chi connectivity index (χ4v) is 3.85. The molecule has 1 nitrogen and oxygen atoms in total. The van der Waals surface area contributed by atoms with E-state index < -0.39 is 10.8 Å². The molecule has 0 fully saturated rings. The van der Waals surface area contributed by atoms with Crippen LogP contribution in [0.4, 0.5) is 0 Å². The van der Waals surface area contributed by atoms with Crippen LogP contribution in [-0.4, -0.2) is 4.21 Å². The second-order valence-electron chi connectivity index (χ2n) is 4.67. The van der Waals surface area contributed by atoms with Crippen LogP contribution < -0.4 is 0 Å². The van der Waals surface area contributed by atoms with E-state index in [1.165, 1.54) is 28.9 Å². The molecule has 1 aromatic carbocycles. The van der Waals surface area contributed by atoms with Crippen molar-refractivity contribution < 1.29 is 4.21 Å². The van der Waals surface area contributed by atoms with Crippen molar-refractivity contribution in [2.75, 3.05) is 0 Å². The minimum absolute atomic E-state index is 0.928. The predicted molar refractivity (Wildman–Crippen MR) is 73.4 cm³/mol. The van der Waals surface area contributed by atoms with E-state index >= 15 is 0 Å². The zero-order chi connectivity index (χ0) is 12.3. The highest BCUT2D eigenvalue weighted by Crippen LogP contribution is 2.31. The fraction of sp³-hybridized carbons (Fsp3) is 0.467. The third-order valence-electron chi connectivity index (χ3n) is 3.41. The van der Waals surface area contributed by atoms with Crippen LogP contribution in [0.2, 0.25) is 0 Å². The Hall–Kier alpha value is -0.890. The third kappa shape index (κ3) is 2.86. The molecule has 0 saturated carbocycles. The van der Waals surface area contributed by atoms with Crippen LogP contribution in [0.1, 0.15) is 44.6 Å². The smallest absolute Gasteiger partial charge is 0.0807 e. The Morgan fingerprint density at radius 2 is 1.76 bits per heavy atom. The van der Waals surface area contributed by atoms with Gasteiger partial charge < -0.3 is 0 Å². The normalized spacial score (nSPS) is 18.2. The number of benzene rings is 1. The van der Waals surface area contributed by atoms with Gasteiger partial charge in [0.05, 0.1) is 10.8 Å². The lowest BCUT2D eigenvalue weighted by atomic mass is 9.98. The molecular formula is C15H20OS. The summed E-state index contributed by atoms with van der Waals surface area (Å²) in [5.74, 6) is 0. The third-order valence-corrected chi connectivity index (χ3v) is 5.05. The van der Waals surface area contributed by atoms with E-state index in [4.69, 9.17) is 0 Å². The van der Waals surface area contributed by atoms with Gasteiger partial charge in [-0.1, -0.05) is 30.2 Å². The standard InChI is InChI=1S/C15H20OS/c1-3-13-6-4-5-7-15(13)17(16)14-10-8-12(2)9-11-14/h8-11H,3-7H2,1-2H3/t17-/m1/s1. The Balaban J connectivity index is 2.30. The first kappa shape index (κ1) is 12.6. The van der Waals surface area contributed by atoms with Crippen LogP contribution in [0.3, 0.4) is 0 Å². The number of aryl methyl sites for hydroxylation is 1. The lowest BCUT2D eigenvalue weighted by molar-refractivity contribution is 0.657. The first-order valence-corrected chi connectivity index (χ1v) is 7.56. The van der Waals surface area contributed by atoms with Gasteiger partial charge in [0.25, 0.3) is 0 Å². The summed E-state index contributed by atoms with van der Waals surface area (Å²) in [7, 11) is -0.928. The summed E-state index contributed by atoms with van der Waals surface area (Å²) in [5.41, 5.74) is 2.65. The Labute approximate surface area is 106 Å². The lowest BCUT2D eigenvalue weighted by Gasteiger charge is -2.19. The largest absolute Gasteiger partial charge is 0.249 e. The quantitative estimate of drug-likeness (QED) is 0.777. The van der Waals surface area contributed by atoms with Crippen molar-refractivity contribution in [2.24, 2.45) is 0 Å². The van der Waals surface area contributed by atoms with Crippen LogP contribution in [0.5, 0.6) is 0 Å². The molecule has 0 amide bonds. The van der Waals surface area contributed by atoms with Crippen LogP contribution in [-0.2, 0) is 10.8 Å². The van der Waals surface area contributed by atoms with Crippen molar-refractivity contribution in [3.8, 4) is 0 Å². The van der Waals surface area contributed by atoms with Gasteiger partial charge in [0.1, 0.15) is 0 Å². The number of hydrogen-bond donors (Lipinski definition) is 0. The van der Waals surface area contributed by atoms with Crippen LogP contribution >= 0.6 is 0 Å². The highest BCUT2D eigenvalue weighted by atomic mass is 32.2. The van der Waals surface area contributed by atoms with Crippen LogP contribution in [0.15, 0.2) is 39.6 Å². The highest BCUT2D eigenvalue weighted by Gasteiger charge is 2.17. The van der Waals surface area contributed by atoms with Gasteiger partial charge in [0, 0.05) is 9.80 Å². The van der Waals surface area contributed by atoms with Gasteiger partial charge in [-0.3, -0.25) is 0 Å². The molecule has 0 spiro atoms. The SMILES string of the molecule is CCC1=C([S@](=O)c2ccc(C)cc2)CCCC1. The average Bonchev–Trinajstić information content (AvgIpc) is 2.39. The van der Waals surface area contributed by atoms with Gasteiger partial charge in [-0.15, -0.1) is 0 Å². The molecule has 0 radical (unpaired) electrons. The number of rotatable bonds is 3. The first-order chi connectivity index (χ1) is 8.22. The maximum absolute atomic E-state index is 12.5. The second-order valence-corrected chi connectivity index (χ2v) is 6.17. The van der Waals surface area contributed by atoms with Crippen LogP contribution in [0, 0.1) is 6.92 Å². The topological polar surface area (TPSA) is 17.1 Å². The molecular weight excluding hydrogens is 228 g/mol. The molecule has 92 valence electrons. The number of hydrogen-bond acceptors (Lipinski definition) is 1. The van der Waals surface area contributed by atoms with E-state index in [2.05, 4.69) is 13.8 Å². The molecule has 2 heteroatoms. The first-order valence-electron chi connectivity index (χ1n) is 6.41. The molecule has 0 unspecified atom stereocenters. The van der Waals surface area contributed by atoms with Gasteiger partial charge in [0.2, 0.25) is 0 Å².